The summed E-state index contributed by atoms with van der Waals surface area (Å²) >= 11 is 0. The molecule has 0 N–H and O–H groups in total. The number of carbonyl (C=O) groups excluding carboxylic acids is 1. The molecule has 0 spiro atoms. The summed E-state index contributed by atoms with van der Waals surface area (Å²) in [5.74, 6) is 2.52. The van der Waals surface area contributed by atoms with Crippen molar-refractivity contribution in [3.8, 4) is 12.3 Å². The Hall–Kier alpha value is -3.39. The van der Waals surface area contributed by atoms with Crippen molar-refractivity contribution >= 4 is 22.5 Å². The predicted molar refractivity (Wildman–Crippen MR) is 108 cm³/mol. The highest BCUT2D eigenvalue weighted by molar-refractivity contribution is 5.97. The van der Waals surface area contributed by atoms with Gasteiger partial charge >= 0.3 is 0 Å². The fourth-order valence-electron chi connectivity index (χ4n) is 2.55. The summed E-state index contributed by atoms with van der Waals surface area (Å²) in [4.78, 5) is 16.0. The topological polar surface area (TPSA) is 60.9 Å². The minimum Gasteiger partial charge on any atom is -0.365 e. The first kappa shape index (κ1) is 19.9. The first-order valence-corrected chi connectivity index (χ1v) is 8.87. The van der Waals surface area contributed by atoms with Crippen LogP contribution in [0.15, 0.2) is 59.6 Å². The van der Waals surface area contributed by atoms with E-state index in [9.17, 15) is 4.79 Å². The lowest BCUT2D eigenvalue weighted by atomic mass is 10.1. The Morgan fingerprint density at radius 1 is 1.33 bits per heavy atom. The van der Waals surface area contributed by atoms with Gasteiger partial charge in [-0.05, 0) is 31.2 Å². The number of rotatable bonds is 6. The normalized spacial score (nSPS) is 11.3. The van der Waals surface area contributed by atoms with Crippen LogP contribution in [0.2, 0.25) is 0 Å². The number of benzene rings is 1. The standard InChI is InChI=1S/C20H17N3O2.C2H6/c1-3-4-5-6-18(9-8-17-11-12-25-22-17)23-14-21-19-13-16(15(2)24)7-10-20(19)23;1-2/h1,4-5,7,9-14H,6,8H2,2H3;1-2H3/b5-4-,18-9+;. The first-order chi connectivity index (χ1) is 13.2. The first-order valence-electron chi connectivity index (χ1n) is 8.87. The lowest BCUT2D eigenvalue weighted by Crippen LogP contribution is -1.97. The molecule has 2 aromatic heterocycles. The van der Waals surface area contributed by atoms with Crippen LogP contribution in [0.5, 0.6) is 0 Å². The average molecular weight is 361 g/mol. The molecule has 3 aromatic rings. The molecule has 0 aliphatic rings. The third-order valence-corrected chi connectivity index (χ3v) is 3.84. The smallest absolute Gasteiger partial charge is 0.159 e. The molecule has 0 aliphatic carbocycles. The number of fused-ring (bicyclic) bond motifs is 1. The zero-order chi connectivity index (χ0) is 19.6. The molecule has 5 nitrogen and oxygen atoms in total. The van der Waals surface area contributed by atoms with Crippen LogP contribution in [-0.2, 0) is 6.42 Å². The largest absolute Gasteiger partial charge is 0.365 e. The minimum atomic E-state index is 0.0233. The van der Waals surface area contributed by atoms with Gasteiger partial charge in [-0.15, -0.1) is 6.42 Å². The van der Waals surface area contributed by atoms with E-state index in [0.29, 0.717) is 18.4 Å². The summed E-state index contributed by atoms with van der Waals surface area (Å²) in [5.41, 5.74) is 4.24. The number of nitrogens with zero attached hydrogens (tertiary/aromatic N) is 3. The summed E-state index contributed by atoms with van der Waals surface area (Å²) in [6.07, 6.45) is 15.6. The molecule has 0 bridgehead atoms. The molecule has 0 fully saturated rings. The Morgan fingerprint density at radius 3 is 2.81 bits per heavy atom. The van der Waals surface area contributed by atoms with Crippen molar-refractivity contribution in [3.05, 3.63) is 66.3 Å². The number of terminal acetylenes is 1. The summed E-state index contributed by atoms with van der Waals surface area (Å²) in [6.45, 7) is 5.55. The molecule has 27 heavy (non-hydrogen) atoms. The number of carbonyl (C=O) groups is 1. The van der Waals surface area contributed by atoms with E-state index in [1.165, 1.54) is 0 Å². The molecule has 5 heteroatoms. The molecule has 0 atom stereocenters. The van der Waals surface area contributed by atoms with Gasteiger partial charge in [0, 0.05) is 30.2 Å². The number of Topliss-reactive ketones (excluding diaryl/α,β-unsaturated/α-hetero) is 1. The third-order valence-electron chi connectivity index (χ3n) is 3.84. The van der Waals surface area contributed by atoms with Gasteiger partial charge in [0.05, 0.1) is 16.7 Å². The molecule has 0 unspecified atom stereocenters. The molecule has 0 amide bonds. The third kappa shape index (κ3) is 5.05. The van der Waals surface area contributed by atoms with E-state index < -0.39 is 0 Å². The monoisotopic (exact) mass is 361 g/mol. The summed E-state index contributed by atoms with van der Waals surface area (Å²) in [6, 6.07) is 7.36. The minimum absolute atomic E-state index is 0.0233. The number of hydrogen-bond acceptors (Lipinski definition) is 4. The van der Waals surface area contributed by atoms with Crippen LogP contribution in [0.3, 0.4) is 0 Å². The van der Waals surface area contributed by atoms with Gasteiger partial charge in [0.15, 0.2) is 5.78 Å². The average Bonchev–Trinajstić information content (AvgIpc) is 3.35. The molecular weight excluding hydrogens is 338 g/mol. The van der Waals surface area contributed by atoms with Crippen molar-refractivity contribution in [2.24, 2.45) is 0 Å². The second kappa shape index (κ2) is 9.93. The Bertz CT molecular complexity index is 986. The molecule has 0 radical (unpaired) electrons. The lowest BCUT2D eigenvalue weighted by Gasteiger charge is -2.08. The van der Waals surface area contributed by atoms with Crippen LogP contribution in [0, 0.1) is 12.3 Å². The van der Waals surface area contributed by atoms with Gasteiger partial charge in [0.25, 0.3) is 0 Å². The van der Waals surface area contributed by atoms with Crippen molar-refractivity contribution in [2.45, 2.75) is 33.6 Å². The molecular formula is C22H23N3O2. The highest BCUT2D eigenvalue weighted by Crippen LogP contribution is 2.22. The zero-order valence-corrected chi connectivity index (χ0v) is 15.8. The molecule has 0 saturated heterocycles. The number of imidazole rings is 1. The van der Waals surface area contributed by atoms with Gasteiger partial charge in [-0.3, -0.25) is 4.79 Å². The fraction of sp³-hybridized carbons (Fsp3) is 0.227. The van der Waals surface area contributed by atoms with Gasteiger partial charge in [-0.1, -0.05) is 37.1 Å². The van der Waals surface area contributed by atoms with E-state index in [4.69, 9.17) is 10.9 Å². The van der Waals surface area contributed by atoms with Crippen LogP contribution in [0.1, 0.15) is 43.2 Å². The van der Waals surface area contributed by atoms with Crippen molar-refractivity contribution in [2.75, 3.05) is 0 Å². The SMILES string of the molecule is C#C/C=C\C/C(=C\Cc1ccon1)n1cnc2cc(C(C)=O)ccc21.CC. The summed E-state index contributed by atoms with van der Waals surface area (Å²) in [5, 5.41) is 3.93. The number of allylic oxidation sites excluding steroid dienone is 4. The maximum atomic E-state index is 11.5. The summed E-state index contributed by atoms with van der Waals surface area (Å²) < 4.78 is 6.87. The van der Waals surface area contributed by atoms with Gasteiger partial charge in [0.1, 0.15) is 12.6 Å². The maximum absolute atomic E-state index is 11.5. The highest BCUT2D eigenvalue weighted by atomic mass is 16.5. The molecule has 0 saturated carbocycles. The second-order valence-electron chi connectivity index (χ2n) is 5.54. The predicted octanol–water partition coefficient (Wildman–Crippen LogP) is 4.92. The quantitative estimate of drug-likeness (QED) is 0.462. The van der Waals surface area contributed by atoms with E-state index in [1.807, 2.05) is 42.7 Å². The number of ketones is 1. The van der Waals surface area contributed by atoms with Crippen LogP contribution in [-0.4, -0.2) is 20.5 Å². The van der Waals surface area contributed by atoms with Gasteiger partial charge in [-0.2, -0.15) is 0 Å². The van der Waals surface area contributed by atoms with Gasteiger partial charge < -0.3 is 9.09 Å². The van der Waals surface area contributed by atoms with Crippen LogP contribution in [0.25, 0.3) is 16.7 Å². The van der Waals surface area contributed by atoms with E-state index >= 15 is 0 Å². The Morgan fingerprint density at radius 2 is 2.15 bits per heavy atom. The fourth-order valence-corrected chi connectivity index (χ4v) is 2.55. The zero-order valence-electron chi connectivity index (χ0n) is 15.8. The summed E-state index contributed by atoms with van der Waals surface area (Å²) in [7, 11) is 0. The van der Waals surface area contributed by atoms with Gasteiger partial charge in [0.2, 0.25) is 0 Å². The molecule has 2 heterocycles. The Labute approximate surface area is 159 Å². The van der Waals surface area contributed by atoms with E-state index in [2.05, 4.69) is 22.1 Å². The molecule has 138 valence electrons. The van der Waals surface area contributed by atoms with Crippen LogP contribution < -0.4 is 0 Å². The number of aromatic nitrogens is 3. The van der Waals surface area contributed by atoms with Crippen LogP contribution >= 0.6 is 0 Å². The lowest BCUT2D eigenvalue weighted by molar-refractivity contribution is 0.101. The van der Waals surface area contributed by atoms with Crippen molar-refractivity contribution in [1.29, 1.82) is 0 Å². The molecule has 1 aromatic carbocycles. The maximum Gasteiger partial charge on any atom is 0.159 e. The van der Waals surface area contributed by atoms with Crippen molar-refractivity contribution < 1.29 is 9.32 Å². The molecule has 3 rings (SSSR count). The van der Waals surface area contributed by atoms with Gasteiger partial charge in [-0.25, -0.2) is 4.98 Å². The van der Waals surface area contributed by atoms with Crippen molar-refractivity contribution in [3.63, 3.8) is 0 Å². The highest BCUT2D eigenvalue weighted by Gasteiger charge is 2.09. The molecule has 0 aliphatic heterocycles. The van der Waals surface area contributed by atoms with E-state index in [1.54, 1.807) is 31.7 Å². The van der Waals surface area contributed by atoms with E-state index in [0.717, 1.165) is 22.4 Å². The Kier molecular flexibility index (Phi) is 7.33. The van der Waals surface area contributed by atoms with E-state index in [-0.39, 0.29) is 5.78 Å². The number of hydrogen-bond donors (Lipinski definition) is 0. The van der Waals surface area contributed by atoms with Crippen molar-refractivity contribution in [1.82, 2.24) is 14.7 Å². The second-order valence-corrected chi connectivity index (χ2v) is 5.54. The Balaban J connectivity index is 0.00000126. The van der Waals surface area contributed by atoms with Crippen LogP contribution in [0.4, 0.5) is 0 Å².